The van der Waals surface area contributed by atoms with E-state index in [1.807, 2.05) is 19.1 Å². The zero-order valence-electron chi connectivity index (χ0n) is 12.3. The standard InChI is InChI=1S/C16H22N2O3/c1-11(21-10-12-4-5-12)16(19)18-14-6-8-20-15(14)13-3-2-7-17-9-13/h2-3,7,9,11-12,14-15H,4-6,8,10H2,1H3,(H,18,19)/t11-,14-,15+/m0/s1. The van der Waals surface area contributed by atoms with Crippen LogP contribution in [0, 0.1) is 5.92 Å². The first-order chi connectivity index (χ1) is 10.2. The molecule has 1 aliphatic heterocycles. The Morgan fingerprint density at radius 3 is 3.10 bits per heavy atom. The second kappa shape index (κ2) is 6.54. The van der Waals surface area contributed by atoms with Crippen molar-refractivity contribution >= 4 is 5.91 Å². The zero-order valence-corrected chi connectivity index (χ0v) is 12.3. The summed E-state index contributed by atoms with van der Waals surface area (Å²) in [5.74, 6) is 0.609. The Labute approximate surface area is 125 Å². The van der Waals surface area contributed by atoms with E-state index in [4.69, 9.17) is 9.47 Å². The number of rotatable bonds is 6. The van der Waals surface area contributed by atoms with Crippen molar-refractivity contribution in [3.63, 3.8) is 0 Å². The molecule has 0 bridgehead atoms. The van der Waals surface area contributed by atoms with Crippen molar-refractivity contribution in [1.29, 1.82) is 0 Å². The van der Waals surface area contributed by atoms with E-state index in [-0.39, 0.29) is 18.1 Å². The van der Waals surface area contributed by atoms with Gasteiger partial charge in [-0.2, -0.15) is 0 Å². The van der Waals surface area contributed by atoms with Gasteiger partial charge in [0.15, 0.2) is 0 Å². The van der Waals surface area contributed by atoms with Crippen molar-refractivity contribution in [3.05, 3.63) is 30.1 Å². The fourth-order valence-electron chi connectivity index (χ4n) is 2.55. The molecule has 3 rings (SSSR count). The highest BCUT2D eigenvalue weighted by Gasteiger charge is 2.32. The van der Waals surface area contributed by atoms with E-state index in [9.17, 15) is 4.79 Å². The molecule has 0 unspecified atom stereocenters. The maximum absolute atomic E-state index is 12.2. The molecular formula is C16H22N2O3. The van der Waals surface area contributed by atoms with E-state index >= 15 is 0 Å². The first-order valence-corrected chi connectivity index (χ1v) is 7.67. The Bertz CT molecular complexity index is 476. The van der Waals surface area contributed by atoms with Crippen LogP contribution >= 0.6 is 0 Å². The highest BCUT2D eigenvalue weighted by Crippen LogP contribution is 2.30. The second-order valence-electron chi connectivity index (χ2n) is 5.90. The van der Waals surface area contributed by atoms with E-state index in [1.165, 1.54) is 12.8 Å². The average molecular weight is 290 g/mol. The topological polar surface area (TPSA) is 60.5 Å². The Morgan fingerprint density at radius 1 is 1.52 bits per heavy atom. The normalized spacial score (nSPS) is 26.5. The fourth-order valence-corrected chi connectivity index (χ4v) is 2.55. The molecule has 2 heterocycles. The molecule has 1 N–H and O–H groups in total. The van der Waals surface area contributed by atoms with Gasteiger partial charge in [-0.1, -0.05) is 6.07 Å². The summed E-state index contributed by atoms with van der Waals surface area (Å²) in [5, 5.41) is 3.05. The summed E-state index contributed by atoms with van der Waals surface area (Å²) in [6, 6.07) is 3.86. The minimum Gasteiger partial charge on any atom is -0.371 e. The third-order valence-electron chi connectivity index (χ3n) is 4.08. The number of amides is 1. The molecule has 1 amide bonds. The van der Waals surface area contributed by atoms with Crippen LogP contribution < -0.4 is 5.32 Å². The molecular weight excluding hydrogens is 268 g/mol. The Morgan fingerprint density at radius 2 is 2.38 bits per heavy atom. The molecule has 21 heavy (non-hydrogen) atoms. The van der Waals surface area contributed by atoms with Gasteiger partial charge in [0, 0.05) is 24.6 Å². The molecule has 5 heteroatoms. The largest absolute Gasteiger partial charge is 0.371 e. The predicted molar refractivity (Wildman–Crippen MR) is 77.6 cm³/mol. The SMILES string of the molecule is C[C@H](OCC1CC1)C(=O)N[C@H]1CCO[C@@H]1c1cccnc1. The highest BCUT2D eigenvalue weighted by atomic mass is 16.5. The number of pyridine rings is 1. The van der Waals surface area contributed by atoms with Gasteiger partial charge in [0.2, 0.25) is 5.91 Å². The molecule has 2 fully saturated rings. The molecule has 1 saturated carbocycles. The summed E-state index contributed by atoms with van der Waals surface area (Å²) in [6.07, 6.45) is 6.30. The van der Waals surface area contributed by atoms with Crippen LogP contribution in [0.1, 0.15) is 37.9 Å². The molecule has 5 nitrogen and oxygen atoms in total. The maximum Gasteiger partial charge on any atom is 0.249 e. The van der Waals surface area contributed by atoms with Crippen LogP contribution in [-0.2, 0) is 14.3 Å². The molecule has 0 aromatic carbocycles. The van der Waals surface area contributed by atoms with Crippen LogP contribution in [0.5, 0.6) is 0 Å². The van der Waals surface area contributed by atoms with Gasteiger partial charge in [-0.05, 0) is 38.2 Å². The molecule has 1 aromatic rings. The predicted octanol–water partition coefficient (Wildman–Crippen LogP) is 1.84. The Balaban J connectivity index is 1.54. The quantitative estimate of drug-likeness (QED) is 0.868. The number of aromatic nitrogens is 1. The van der Waals surface area contributed by atoms with Gasteiger partial charge in [-0.25, -0.2) is 0 Å². The van der Waals surface area contributed by atoms with Crippen molar-refractivity contribution in [3.8, 4) is 0 Å². The lowest BCUT2D eigenvalue weighted by Gasteiger charge is -2.22. The van der Waals surface area contributed by atoms with Gasteiger partial charge in [-0.3, -0.25) is 9.78 Å². The fraction of sp³-hybridized carbons (Fsp3) is 0.625. The minimum atomic E-state index is -0.402. The van der Waals surface area contributed by atoms with Gasteiger partial charge in [0.25, 0.3) is 0 Å². The summed E-state index contributed by atoms with van der Waals surface area (Å²) in [6.45, 7) is 3.16. The number of hydrogen-bond donors (Lipinski definition) is 1. The summed E-state index contributed by atoms with van der Waals surface area (Å²) < 4.78 is 11.4. The van der Waals surface area contributed by atoms with Crippen LogP contribution in [0.15, 0.2) is 24.5 Å². The first kappa shape index (κ1) is 14.5. The second-order valence-corrected chi connectivity index (χ2v) is 5.90. The first-order valence-electron chi connectivity index (χ1n) is 7.67. The van der Waals surface area contributed by atoms with Crippen LogP contribution in [0.3, 0.4) is 0 Å². The molecule has 114 valence electrons. The molecule has 1 saturated heterocycles. The van der Waals surface area contributed by atoms with Crippen molar-refractivity contribution in [2.75, 3.05) is 13.2 Å². The highest BCUT2D eigenvalue weighted by molar-refractivity contribution is 5.80. The van der Waals surface area contributed by atoms with Gasteiger partial charge in [-0.15, -0.1) is 0 Å². The van der Waals surface area contributed by atoms with Crippen molar-refractivity contribution in [2.45, 2.75) is 44.4 Å². The smallest absolute Gasteiger partial charge is 0.249 e. The van der Waals surface area contributed by atoms with E-state index < -0.39 is 6.10 Å². The van der Waals surface area contributed by atoms with Crippen LogP contribution in [0.4, 0.5) is 0 Å². The summed E-state index contributed by atoms with van der Waals surface area (Å²) in [7, 11) is 0. The average Bonchev–Trinajstić information content (AvgIpc) is 3.23. The lowest BCUT2D eigenvalue weighted by molar-refractivity contribution is -0.133. The Kier molecular flexibility index (Phi) is 4.51. The zero-order chi connectivity index (χ0) is 14.7. The molecule has 1 aliphatic carbocycles. The number of nitrogens with zero attached hydrogens (tertiary/aromatic N) is 1. The van der Waals surface area contributed by atoms with Crippen LogP contribution in [0.25, 0.3) is 0 Å². The van der Waals surface area contributed by atoms with Crippen molar-refractivity contribution in [1.82, 2.24) is 10.3 Å². The van der Waals surface area contributed by atoms with Gasteiger partial charge in [0.1, 0.15) is 12.2 Å². The van der Waals surface area contributed by atoms with E-state index in [0.29, 0.717) is 19.1 Å². The third kappa shape index (κ3) is 3.80. The van der Waals surface area contributed by atoms with Gasteiger partial charge >= 0.3 is 0 Å². The summed E-state index contributed by atoms with van der Waals surface area (Å²) in [4.78, 5) is 16.3. The molecule has 1 aromatic heterocycles. The van der Waals surface area contributed by atoms with Crippen molar-refractivity contribution in [2.24, 2.45) is 5.92 Å². The molecule has 0 radical (unpaired) electrons. The lowest BCUT2D eigenvalue weighted by Crippen LogP contribution is -2.42. The number of carbonyl (C=O) groups excluding carboxylic acids is 1. The summed E-state index contributed by atoms with van der Waals surface area (Å²) in [5.41, 5.74) is 1.01. The monoisotopic (exact) mass is 290 g/mol. The minimum absolute atomic E-state index is 0.00586. The Hall–Kier alpha value is -1.46. The van der Waals surface area contributed by atoms with E-state index in [1.54, 1.807) is 12.4 Å². The lowest BCUT2D eigenvalue weighted by atomic mass is 10.0. The number of nitrogens with one attached hydrogen (secondary N) is 1. The van der Waals surface area contributed by atoms with Crippen LogP contribution in [-0.4, -0.2) is 36.3 Å². The van der Waals surface area contributed by atoms with E-state index in [0.717, 1.165) is 12.0 Å². The van der Waals surface area contributed by atoms with Crippen molar-refractivity contribution < 1.29 is 14.3 Å². The van der Waals surface area contributed by atoms with Gasteiger partial charge < -0.3 is 14.8 Å². The number of hydrogen-bond acceptors (Lipinski definition) is 4. The molecule has 0 spiro atoms. The third-order valence-corrected chi connectivity index (χ3v) is 4.08. The molecule has 3 atom stereocenters. The number of ether oxygens (including phenoxy) is 2. The van der Waals surface area contributed by atoms with Gasteiger partial charge in [0.05, 0.1) is 12.6 Å². The number of carbonyl (C=O) groups is 1. The van der Waals surface area contributed by atoms with Crippen LogP contribution in [0.2, 0.25) is 0 Å². The summed E-state index contributed by atoms with van der Waals surface area (Å²) >= 11 is 0. The van der Waals surface area contributed by atoms with E-state index in [2.05, 4.69) is 10.3 Å². The maximum atomic E-state index is 12.2. The molecule has 2 aliphatic rings.